The molecule has 1 fully saturated rings. The normalized spacial score (nSPS) is 39.2. The lowest BCUT2D eigenvalue weighted by atomic mass is 9.76. The molecule has 0 aromatic rings. The van der Waals surface area contributed by atoms with Crippen molar-refractivity contribution in [2.75, 3.05) is 0 Å². The van der Waals surface area contributed by atoms with E-state index in [2.05, 4.69) is 37.6 Å². The van der Waals surface area contributed by atoms with Gasteiger partial charge < -0.3 is 5.21 Å². The molecule has 0 bridgehead atoms. The summed E-state index contributed by atoms with van der Waals surface area (Å²) in [5.41, 5.74) is 5.40. The monoisotopic (exact) mass is 263 g/mol. The van der Waals surface area contributed by atoms with Crippen LogP contribution in [0.25, 0.3) is 0 Å². The zero-order chi connectivity index (χ0) is 12.7. The van der Waals surface area contributed by atoms with Gasteiger partial charge in [-0.3, -0.25) is 0 Å². The van der Waals surface area contributed by atoms with Crippen molar-refractivity contribution in [1.29, 1.82) is 0 Å². The van der Waals surface area contributed by atoms with E-state index in [9.17, 15) is 5.21 Å². The van der Waals surface area contributed by atoms with Crippen LogP contribution < -0.4 is 5.48 Å². The third kappa shape index (κ3) is 1.89. The van der Waals surface area contributed by atoms with Gasteiger partial charge in [0.1, 0.15) is 0 Å². The SMILES string of the molecule is CC1SC2=CCC3CCC=CC3=C2C(NO)C1C. The third-order valence-corrected chi connectivity index (χ3v) is 6.05. The van der Waals surface area contributed by atoms with Gasteiger partial charge in [0.05, 0.1) is 6.04 Å². The number of hydroxylamine groups is 1. The Kier molecular flexibility index (Phi) is 3.39. The Morgan fingerprint density at radius 3 is 3.00 bits per heavy atom. The summed E-state index contributed by atoms with van der Waals surface area (Å²) in [5.74, 6) is 1.12. The summed E-state index contributed by atoms with van der Waals surface area (Å²) in [5, 5.41) is 10.1. The molecule has 0 radical (unpaired) electrons. The lowest BCUT2D eigenvalue weighted by molar-refractivity contribution is 0.116. The molecule has 0 aromatic carbocycles. The van der Waals surface area contributed by atoms with Crippen molar-refractivity contribution in [3.63, 3.8) is 0 Å². The molecule has 4 unspecified atom stereocenters. The Morgan fingerprint density at radius 2 is 2.22 bits per heavy atom. The number of rotatable bonds is 1. The van der Waals surface area contributed by atoms with Crippen molar-refractivity contribution >= 4 is 11.8 Å². The molecule has 1 heterocycles. The van der Waals surface area contributed by atoms with Crippen LogP contribution in [0.3, 0.4) is 0 Å². The average molecular weight is 263 g/mol. The van der Waals surface area contributed by atoms with E-state index in [-0.39, 0.29) is 6.04 Å². The predicted molar refractivity (Wildman–Crippen MR) is 76.5 cm³/mol. The van der Waals surface area contributed by atoms with Crippen LogP contribution in [0, 0.1) is 11.8 Å². The van der Waals surface area contributed by atoms with Crippen LogP contribution in [0.4, 0.5) is 0 Å². The van der Waals surface area contributed by atoms with Gasteiger partial charge in [-0.1, -0.05) is 32.1 Å². The fourth-order valence-electron chi connectivity index (χ4n) is 3.32. The molecule has 4 atom stereocenters. The molecule has 3 rings (SSSR count). The maximum Gasteiger partial charge on any atom is 0.0618 e. The standard InChI is InChI=1S/C15H21NOS/c1-9-10(2)18-13-8-7-11-5-3-4-6-12(11)14(13)15(9)16-17/h4,6,8-11,15-17H,3,5,7H2,1-2H3. The second kappa shape index (κ2) is 4.87. The molecule has 98 valence electrons. The summed E-state index contributed by atoms with van der Waals surface area (Å²) in [4.78, 5) is 1.39. The third-order valence-electron chi connectivity index (χ3n) is 4.61. The smallest absolute Gasteiger partial charge is 0.0618 e. The van der Waals surface area contributed by atoms with Crippen LogP contribution in [0.5, 0.6) is 0 Å². The fraction of sp³-hybridized carbons (Fsp3) is 0.600. The summed E-state index contributed by atoms with van der Waals surface area (Å²) in [6.45, 7) is 4.48. The zero-order valence-electron chi connectivity index (χ0n) is 11.0. The second-order valence-corrected chi connectivity index (χ2v) is 7.06. The second-order valence-electron chi connectivity index (χ2n) is 5.64. The van der Waals surface area contributed by atoms with Gasteiger partial charge in [-0.2, -0.15) is 5.48 Å². The predicted octanol–water partition coefficient (Wildman–Crippen LogP) is 3.66. The maximum atomic E-state index is 9.56. The Hall–Kier alpha value is -0.510. The molecule has 1 saturated heterocycles. The Balaban J connectivity index is 2.07. The van der Waals surface area contributed by atoms with Crippen LogP contribution in [-0.4, -0.2) is 16.5 Å². The van der Waals surface area contributed by atoms with E-state index in [1.165, 1.54) is 35.3 Å². The Bertz CT molecular complexity index is 438. The molecule has 3 heteroatoms. The largest absolute Gasteiger partial charge is 0.316 e. The summed E-state index contributed by atoms with van der Waals surface area (Å²) in [6.07, 6.45) is 10.6. The lowest BCUT2D eigenvalue weighted by Crippen LogP contribution is -2.43. The lowest BCUT2D eigenvalue weighted by Gasteiger charge is -2.41. The van der Waals surface area contributed by atoms with Crippen molar-refractivity contribution in [2.45, 2.75) is 44.4 Å². The van der Waals surface area contributed by atoms with Crippen LogP contribution in [-0.2, 0) is 0 Å². The van der Waals surface area contributed by atoms with E-state index in [0.717, 1.165) is 0 Å². The first-order valence-electron chi connectivity index (χ1n) is 6.89. The highest BCUT2D eigenvalue weighted by Gasteiger charge is 2.38. The molecule has 0 saturated carbocycles. The van der Waals surface area contributed by atoms with Crippen molar-refractivity contribution in [2.24, 2.45) is 11.8 Å². The molecule has 18 heavy (non-hydrogen) atoms. The minimum Gasteiger partial charge on any atom is -0.316 e. The first-order valence-corrected chi connectivity index (χ1v) is 7.77. The zero-order valence-corrected chi connectivity index (χ0v) is 11.8. The topological polar surface area (TPSA) is 32.3 Å². The van der Waals surface area contributed by atoms with Crippen molar-refractivity contribution < 1.29 is 5.21 Å². The summed E-state index contributed by atoms with van der Waals surface area (Å²) < 4.78 is 0. The van der Waals surface area contributed by atoms with Crippen LogP contribution >= 0.6 is 11.8 Å². The van der Waals surface area contributed by atoms with Gasteiger partial charge in [-0.05, 0) is 42.2 Å². The van der Waals surface area contributed by atoms with E-state index < -0.39 is 0 Å². The summed E-state index contributed by atoms with van der Waals surface area (Å²) in [6, 6.07) is 0.0908. The number of nitrogens with one attached hydrogen (secondary N) is 1. The molecule has 0 spiro atoms. The van der Waals surface area contributed by atoms with Gasteiger partial charge >= 0.3 is 0 Å². The minimum absolute atomic E-state index is 0.0908. The van der Waals surface area contributed by atoms with E-state index >= 15 is 0 Å². The van der Waals surface area contributed by atoms with Gasteiger partial charge in [-0.25, -0.2) is 0 Å². The molecule has 2 aliphatic carbocycles. The fourth-order valence-corrected chi connectivity index (χ4v) is 4.66. The first-order chi connectivity index (χ1) is 8.72. The minimum atomic E-state index is 0.0908. The number of allylic oxidation sites excluding steroid dienone is 4. The van der Waals surface area contributed by atoms with Gasteiger partial charge in [0, 0.05) is 10.2 Å². The number of hydrogen-bond acceptors (Lipinski definition) is 3. The quantitative estimate of drug-likeness (QED) is 0.708. The van der Waals surface area contributed by atoms with E-state index in [4.69, 9.17) is 0 Å². The van der Waals surface area contributed by atoms with Gasteiger partial charge in [0.25, 0.3) is 0 Å². The highest BCUT2D eigenvalue weighted by atomic mass is 32.2. The van der Waals surface area contributed by atoms with Crippen molar-refractivity contribution in [3.05, 3.63) is 34.3 Å². The number of fused-ring (bicyclic) bond motifs is 2. The highest BCUT2D eigenvalue weighted by molar-refractivity contribution is 8.04. The van der Waals surface area contributed by atoms with Crippen molar-refractivity contribution in [3.8, 4) is 0 Å². The van der Waals surface area contributed by atoms with Gasteiger partial charge in [-0.15, -0.1) is 11.8 Å². The number of thioether (sulfide) groups is 1. The molecular formula is C15H21NOS. The van der Waals surface area contributed by atoms with Crippen LogP contribution in [0.1, 0.15) is 33.1 Å². The summed E-state index contributed by atoms with van der Waals surface area (Å²) in [7, 11) is 0. The molecule has 1 aliphatic heterocycles. The first kappa shape index (κ1) is 12.5. The highest BCUT2D eigenvalue weighted by Crippen LogP contribution is 2.49. The Morgan fingerprint density at radius 1 is 1.39 bits per heavy atom. The molecular weight excluding hydrogens is 242 g/mol. The molecule has 2 N–H and O–H groups in total. The van der Waals surface area contributed by atoms with Crippen molar-refractivity contribution in [1.82, 2.24) is 5.48 Å². The Labute approximate surface area is 113 Å². The van der Waals surface area contributed by atoms with E-state index in [1.54, 1.807) is 0 Å². The molecule has 2 nitrogen and oxygen atoms in total. The van der Waals surface area contributed by atoms with Crippen LogP contribution in [0.2, 0.25) is 0 Å². The maximum absolute atomic E-state index is 9.56. The van der Waals surface area contributed by atoms with E-state index in [1.807, 2.05) is 11.8 Å². The summed E-state index contributed by atoms with van der Waals surface area (Å²) >= 11 is 1.97. The molecule has 3 aliphatic rings. The van der Waals surface area contributed by atoms with Crippen LogP contribution in [0.15, 0.2) is 34.3 Å². The number of hydrogen-bond donors (Lipinski definition) is 2. The van der Waals surface area contributed by atoms with E-state index in [0.29, 0.717) is 17.1 Å². The average Bonchev–Trinajstić information content (AvgIpc) is 2.40. The van der Waals surface area contributed by atoms with Gasteiger partial charge in [0.15, 0.2) is 0 Å². The molecule has 0 aromatic heterocycles. The van der Waals surface area contributed by atoms with Gasteiger partial charge in [0.2, 0.25) is 0 Å². The molecule has 0 amide bonds.